The van der Waals surface area contributed by atoms with Crippen molar-refractivity contribution in [3.63, 3.8) is 0 Å². The summed E-state index contributed by atoms with van der Waals surface area (Å²) in [4.78, 5) is 17.5. The van der Waals surface area contributed by atoms with E-state index >= 15 is 0 Å². The van der Waals surface area contributed by atoms with Crippen molar-refractivity contribution in [2.24, 2.45) is 5.73 Å². The molecule has 1 heterocycles. The van der Waals surface area contributed by atoms with Crippen molar-refractivity contribution in [3.05, 3.63) is 30.1 Å². The van der Waals surface area contributed by atoms with E-state index in [1.54, 1.807) is 12.4 Å². The average molecular weight is 205 g/mol. The standard InChI is InChI=1S/C11H15N3O/c12-6-11(15)14(10-3-4-10)8-9-2-1-5-13-7-9/h1-2,5,7,10H,3-4,6,8,12H2. The summed E-state index contributed by atoms with van der Waals surface area (Å²) in [5.41, 5.74) is 6.45. The van der Waals surface area contributed by atoms with Gasteiger partial charge in [-0.25, -0.2) is 0 Å². The van der Waals surface area contributed by atoms with Crippen LogP contribution in [0.5, 0.6) is 0 Å². The number of nitrogens with two attached hydrogens (primary N) is 1. The van der Waals surface area contributed by atoms with Crippen molar-refractivity contribution in [1.29, 1.82) is 0 Å². The van der Waals surface area contributed by atoms with Gasteiger partial charge in [-0.05, 0) is 24.5 Å². The molecule has 1 aromatic rings. The Labute approximate surface area is 89.1 Å². The molecule has 1 aliphatic carbocycles. The summed E-state index contributed by atoms with van der Waals surface area (Å²) in [6.07, 6.45) is 5.73. The highest BCUT2D eigenvalue weighted by atomic mass is 16.2. The van der Waals surface area contributed by atoms with Crippen LogP contribution in [0, 0.1) is 0 Å². The first-order valence-corrected chi connectivity index (χ1v) is 5.19. The van der Waals surface area contributed by atoms with E-state index in [0.29, 0.717) is 12.6 Å². The van der Waals surface area contributed by atoms with Crippen LogP contribution in [0.4, 0.5) is 0 Å². The number of nitrogens with zero attached hydrogens (tertiary/aromatic N) is 2. The number of pyridine rings is 1. The Kier molecular flexibility index (Phi) is 2.97. The number of rotatable bonds is 4. The van der Waals surface area contributed by atoms with Crippen molar-refractivity contribution >= 4 is 5.91 Å². The monoisotopic (exact) mass is 205 g/mol. The summed E-state index contributed by atoms with van der Waals surface area (Å²) in [7, 11) is 0. The van der Waals surface area contributed by atoms with Gasteiger partial charge in [0, 0.05) is 25.0 Å². The molecule has 0 spiro atoms. The number of carbonyl (C=O) groups is 1. The quantitative estimate of drug-likeness (QED) is 0.780. The van der Waals surface area contributed by atoms with Gasteiger partial charge in [-0.15, -0.1) is 0 Å². The Bertz CT molecular complexity index is 335. The van der Waals surface area contributed by atoms with Crippen LogP contribution in [0.25, 0.3) is 0 Å². The van der Waals surface area contributed by atoms with E-state index in [0.717, 1.165) is 18.4 Å². The summed E-state index contributed by atoms with van der Waals surface area (Å²) < 4.78 is 0. The molecular weight excluding hydrogens is 190 g/mol. The molecule has 0 aliphatic heterocycles. The molecule has 0 bridgehead atoms. The zero-order chi connectivity index (χ0) is 10.7. The van der Waals surface area contributed by atoms with Gasteiger partial charge in [-0.3, -0.25) is 9.78 Å². The van der Waals surface area contributed by atoms with E-state index in [1.165, 1.54) is 0 Å². The fourth-order valence-electron chi connectivity index (χ4n) is 1.61. The fraction of sp³-hybridized carbons (Fsp3) is 0.455. The maximum atomic E-state index is 11.6. The maximum Gasteiger partial charge on any atom is 0.236 e. The zero-order valence-electron chi connectivity index (χ0n) is 8.60. The van der Waals surface area contributed by atoms with E-state index in [2.05, 4.69) is 4.98 Å². The third kappa shape index (κ3) is 2.53. The van der Waals surface area contributed by atoms with Gasteiger partial charge in [0.05, 0.1) is 6.54 Å². The van der Waals surface area contributed by atoms with Crippen molar-refractivity contribution in [2.45, 2.75) is 25.4 Å². The summed E-state index contributed by atoms with van der Waals surface area (Å²) >= 11 is 0. The second-order valence-electron chi connectivity index (χ2n) is 3.82. The van der Waals surface area contributed by atoms with Gasteiger partial charge in [-0.1, -0.05) is 6.07 Å². The molecule has 0 saturated heterocycles. The molecule has 15 heavy (non-hydrogen) atoms. The van der Waals surface area contributed by atoms with Crippen LogP contribution in [-0.2, 0) is 11.3 Å². The molecule has 1 saturated carbocycles. The van der Waals surface area contributed by atoms with Crippen LogP contribution >= 0.6 is 0 Å². The lowest BCUT2D eigenvalue weighted by atomic mass is 10.2. The lowest BCUT2D eigenvalue weighted by molar-refractivity contribution is -0.130. The Hall–Kier alpha value is -1.42. The summed E-state index contributed by atoms with van der Waals surface area (Å²) in [5.74, 6) is 0.0290. The molecule has 0 unspecified atom stereocenters. The number of amides is 1. The van der Waals surface area contributed by atoms with Crippen LogP contribution < -0.4 is 5.73 Å². The molecule has 0 atom stereocenters. The van der Waals surface area contributed by atoms with Crippen LogP contribution in [0.15, 0.2) is 24.5 Å². The SMILES string of the molecule is NCC(=O)N(Cc1cccnc1)C1CC1. The van der Waals surface area contributed by atoms with Crippen LogP contribution in [-0.4, -0.2) is 28.4 Å². The van der Waals surface area contributed by atoms with Gasteiger partial charge in [0.2, 0.25) is 5.91 Å². The molecular formula is C11H15N3O. The van der Waals surface area contributed by atoms with Crippen LogP contribution in [0.3, 0.4) is 0 Å². The van der Waals surface area contributed by atoms with Gasteiger partial charge in [0.25, 0.3) is 0 Å². The highest BCUT2D eigenvalue weighted by Crippen LogP contribution is 2.28. The minimum atomic E-state index is 0.0290. The second-order valence-corrected chi connectivity index (χ2v) is 3.82. The van der Waals surface area contributed by atoms with E-state index < -0.39 is 0 Å². The van der Waals surface area contributed by atoms with Crippen molar-refractivity contribution in [3.8, 4) is 0 Å². The first-order valence-electron chi connectivity index (χ1n) is 5.19. The van der Waals surface area contributed by atoms with Gasteiger partial charge in [0.1, 0.15) is 0 Å². The predicted molar refractivity (Wildman–Crippen MR) is 56.9 cm³/mol. The molecule has 0 aromatic carbocycles. The minimum Gasteiger partial charge on any atom is -0.334 e. The van der Waals surface area contributed by atoms with Crippen molar-refractivity contribution in [1.82, 2.24) is 9.88 Å². The summed E-state index contributed by atoms with van der Waals surface area (Å²) in [5, 5.41) is 0. The van der Waals surface area contributed by atoms with E-state index in [1.807, 2.05) is 17.0 Å². The van der Waals surface area contributed by atoms with Crippen molar-refractivity contribution < 1.29 is 4.79 Å². The maximum absolute atomic E-state index is 11.6. The topological polar surface area (TPSA) is 59.2 Å². The third-order valence-electron chi connectivity index (χ3n) is 2.56. The van der Waals surface area contributed by atoms with Crippen LogP contribution in [0.1, 0.15) is 18.4 Å². The lowest BCUT2D eigenvalue weighted by Crippen LogP contribution is -2.37. The molecule has 4 heteroatoms. The van der Waals surface area contributed by atoms with E-state index in [9.17, 15) is 4.79 Å². The Morgan fingerprint density at radius 2 is 2.40 bits per heavy atom. The molecule has 1 aliphatic rings. The first-order chi connectivity index (χ1) is 7.31. The molecule has 2 rings (SSSR count). The number of aromatic nitrogens is 1. The van der Waals surface area contributed by atoms with Crippen LogP contribution in [0.2, 0.25) is 0 Å². The van der Waals surface area contributed by atoms with Gasteiger partial charge >= 0.3 is 0 Å². The minimum absolute atomic E-state index is 0.0290. The first kappa shape index (κ1) is 10.1. The third-order valence-corrected chi connectivity index (χ3v) is 2.56. The lowest BCUT2D eigenvalue weighted by Gasteiger charge is -2.21. The smallest absolute Gasteiger partial charge is 0.236 e. The summed E-state index contributed by atoms with van der Waals surface area (Å²) in [6, 6.07) is 4.26. The molecule has 1 amide bonds. The zero-order valence-corrected chi connectivity index (χ0v) is 8.60. The second kappa shape index (κ2) is 4.40. The number of carbonyl (C=O) groups excluding carboxylic acids is 1. The normalized spacial score (nSPS) is 15.0. The largest absolute Gasteiger partial charge is 0.334 e. The summed E-state index contributed by atoms with van der Waals surface area (Å²) in [6.45, 7) is 0.727. The Morgan fingerprint density at radius 1 is 1.60 bits per heavy atom. The molecule has 80 valence electrons. The average Bonchev–Trinajstić information content (AvgIpc) is 3.10. The highest BCUT2D eigenvalue weighted by molar-refractivity contribution is 5.78. The Balaban J connectivity index is 2.04. The molecule has 1 aromatic heterocycles. The van der Waals surface area contributed by atoms with Gasteiger partial charge < -0.3 is 10.6 Å². The Morgan fingerprint density at radius 3 is 2.93 bits per heavy atom. The van der Waals surface area contributed by atoms with Gasteiger partial charge in [-0.2, -0.15) is 0 Å². The van der Waals surface area contributed by atoms with Gasteiger partial charge in [0.15, 0.2) is 0 Å². The number of hydrogen-bond donors (Lipinski definition) is 1. The van der Waals surface area contributed by atoms with E-state index in [4.69, 9.17) is 5.73 Å². The molecule has 4 nitrogen and oxygen atoms in total. The predicted octanol–water partition coefficient (Wildman–Crippen LogP) is 0.531. The molecule has 0 radical (unpaired) electrons. The number of hydrogen-bond acceptors (Lipinski definition) is 3. The fourth-order valence-corrected chi connectivity index (χ4v) is 1.61. The highest BCUT2D eigenvalue weighted by Gasteiger charge is 2.31. The van der Waals surface area contributed by atoms with E-state index in [-0.39, 0.29) is 12.5 Å². The molecule has 2 N–H and O–H groups in total. The molecule has 1 fully saturated rings. The van der Waals surface area contributed by atoms with Crippen molar-refractivity contribution in [2.75, 3.05) is 6.54 Å².